The molecular formula is C22H23Cl2NO4. The second-order valence-corrected chi connectivity index (χ2v) is 8.09. The van der Waals surface area contributed by atoms with Crippen LogP contribution >= 0.6 is 23.2 Å². The zero-order valence-electron chi connectivity index (χ0n) is 15.8. The van der Waals surface area contributed by atoms with Crippen molar-refractivity contribution in [2.75, 3.05) is 13.2 Å². The van der Waals surface area contributed by atoms with E-state index < -0.39 is 12.1 Å². The number of hydrogen-bond acceptors (Lipinski definition) is 3. The average Bonchev–Trinajstić information content (AvgIpc) is 3.51. The van der Waals surface area contributed by atoms with Crippen molar-refractivity contribution < 1.29 is 19.4 Å². The van der Waals surface area contributed by atoms with E-state index in [-0.39, 0.29) is 18.4 Å². The summed E-state index contributed by atoms with van der Waals surface area (Å²) in [5, 5.41) is 10.3. The number of ether oxygens (including phenoxy) is 1. The Morgan fingerprint density at radius 2 is 1.66 bits per heavy atom. The van der Waals surface area contributed by atoms with E-state index in [2.05, 4.69) is 0 Å². The second-order valence-electron chi connectivity index (χ2n) is 7.22. The molecule has 2 aromatic rings. The quantitative estimate of drug-likeness (QED) is 0.729. The molecule has 4 rings (SSSR count). The summed E-state index contributed by atoms with van der Waals surface area (Å²) in [4.78, 5) is 25.3. The Morgan fingerprint density at radius 3 is 2.17 bits per heavy atom. The molecule has 7 heteroatoms. The van der Waals surface area contributed by atoms with E-state index in [4.69, 9.17) is 33.0 Å². The third-order valence-electron chi connectivity index (χ3n) is 4.89. The first-order valence-corrected chi connectivity index (χ1v) is 10.3. The van der Waals surface area contributed by atoms with Gasteiger partial charge in [-0.15, -0.1) is 0 Å². The van der Waals surface area contributed by atoms with E-state index in [1.807, 2.05) is 42.5 Å². The third-order valence-corrected chi connectivity index (χ3v) is 5.39. The van der Waals surface area contributed by atoms with Gasteiger partial charge in [-0.2, -0.15) is 0 Å². The number of amides is 1. The minimum absolute atomic E-state index is 0.171. The van der Waals surface area contributed by atoms with E-state index in [9.17, 15) is 9.59 Å². The van der Waals surface area contributed by atoms with Crippen LogP contribution in [0.2, 0.25) is 10.0 Å². The zero-order valence-corrected chi connectivity index (χ0v) is 17.4. The zero-order chi connectivity index (χ0) is 20.8. The number of halogens is 2. The molecule has 1 aliphatic carbocycles. The highest BCUT2D eigenvalue weighted by molar-refractivity contribution is 6.30. The van der Waals surface area contributed by atoms with Crippen molar-refractivity contribution in [3.63, 3.8) is 0 Å². The predicted molar refractivity (Wildman–Crippen MR) is 112 cm³/mol. The maximum Gasteiger partial charge on any atom is 0.306 e. The molecule has 1 saturated heterocycles. The summed E-state index contributed by atoms with van der Waals surface area (Å²) in [5.74, 6) is -0.711. The van der Waals surface area contributed by atoms with Crippen LogP contribution in [0.5, 0.6) is 0 Å². The van der Waals surface area contributed by atoms with Gasteiger partial charge in [-0.1, -0.05) is 53.5 Å². The fourth-order valence-electron chi connectivity index (χ4n) is 3.18. The smallest absolute Gasteiger partial charge is 0.306 e. The second kappa shape index (κ2) is 10.1. The molecule has 2 aliphatic rings. The largest absolute Gasteiger partial charge is 0.481 e. The van der Waals surface area contributed by atoms with E-state index in [1.165, 1.54) is 0 Å². The lowest BCUT2D eigenvalue weighted by molar-refractivity contribution is -0.165. The van der Waals surface area contributed by atoms with Crippen molar-refractivity contribution in [2.24, 2.45) is 5.92 Å². The molecule has 0 aromatic heterocycles. The van der Waals surface area contributed by atoms with Gasteiger partial charge in [0, 0.05) is 16.6 Å². The summed E-state index contributed by atoms with van der Waals surface area (Å²) >= 11 is 11.5. The standard InChI is InChI=1S/C16H18ClNO4.C6H5Cl/c17-12-5-3-11(4-6-12)13-9-22-14(7-15(19)20)16(21)18(13)8-10-1-2-10;7-6-4-2-1-3-5-6/h3-6,10,13-14H,1-2,7-9H2,(H,19,20);1-5H/t13?,14-;/m0./s1. The Labute approximate surface area is 180 Å². The molecule has 29 heavy (non-hydrogen) atoms. The maximum atomic E-state index is 12.6. The van der Waals surface area contributed by atoms with Crippen LogP contribution in [0.15, 0.2) is 54.6 Å². The number of morpholine rings is 1. The summed E-state index contributed by atoms with van der Waals surface area (Å²) in [5.41, 5.74) is 0.965. The van der Waals surface area contributed by atoms with Crippen molar-refractivity contribution >= 4 is 35.1 Å². The molecule has 0 bridgehead atoms. The van der Waals surface area contributed by atoms with Gasteiger partial charge in [0.15, 0.2) is 0 Å². The summed E-state index contributed by atoms with van der Waals surface area (Å²) in [6.07, 6.45) is 1.09. The van der Waals surface area contributed by atoms with Gasteiger partial charge in [-0.3, -0.25) is 9.59 Å². The lowest BCUT2D eigenvalue weighted by Crippen LogP contribution is -2.50. The molecule has 2 fully saturated rings. The lowest BCUT2D eigenvalue weighted by Gasteiger charge is -2.39. The van der Waals surface area contributed by atoms with Crippen molar-refractivity contribution in [3.8, 4) is 0 Å². The highest BCUT2D eigenvalue weighted by atomic mass is 35.5. The van der Waals surface area contributed by atoms with Crippen LogP contribution in [0.3, 0.4) is 0 Å². The predicted octanol–water partition coefficient (Wildman–Crippen LogP) is 4.83. The van der Waals surface area contributed by atoms with Crippen LogP contribution in [0, 0.1) is 5.92 Å². The van der Waals surface area contributed by atoms with Crippen molar-refractivity contribution in [1.29, 1.82) is 0 Å². The van der Waals surface area contributed by atoms with E-state index >= 15 is 0 Å². The molecule has 1 saturated carbocycles. The van der Waals surface area contributed by atoms with Crippen LogP contribution < -0.4 is 0 Å². The number of carboxylic acid groups (broad SMARTS) is 1. The van der Waals surface area contributed by atoms with Gasteiger partial charge < -0.3 is 14.7 Å². The van der Waals surface area contributed by atoms with Crippen molar-refractivity contribution in [3.05, 3.63) is 70.2 Å². The van der Waals surface area contributed by atoms with Crippen LogP contribution in [0.1, 0.15) is 30.9 Å². The Hall–Kier alpha value is -2.08. The molecule has 5 nitrogen and oxygen atoms in total. The first kappa shape index (κ1) is 21.6. The number of carbonyl (C=O) groups is 2. The average molecular weight is 436 g/mol. The number of nitrogens with zero attached hydrogens (tertiary/aromatic N) is 1. The van der Waals surface area contributed by atoms with Gasteiger partial charge in [0.05, 0.1) is 19.1 Å². The molecule has 2 aromatic carbocycles. The molecule has 1 N–H and O–H groups in total. The van der Waals surface area contributed by atoms with Gasteiger partial charge in [-0.05, 0) is 48.6 Å². The monoisotopic (exact) mass is 435 g/mol. The van der Waals surface area contributed by atoms with Gasteiger partial charge >= 0.3 is 5.97 Å². The summed E-state index contributed by atoms with van der Waals surface area (Å²) < 4.78 is 5.53. The van der Waals surface area contributed by atoms with Crippen molar-refractivity contribution in [1.82, 2.24) is 4.90 Å². The summed E-state index contributed by atoms with van der Waals surface area (Å²) in [6, 6.07) is 16.6. The SMILES string of the molecule is Clc1ccccc1.O=C(O)C[C@@H]1OCC(c2ccc(Cl)cc2)N(CC2CC2)C1=O. The minimum Gasteiger partial charge on any atom is -0.481 e. The molecule has 154 valence electrons. The van der Waals surface area contributed by atoms with Gasteiger partial charge in [0.1, 0.15) is 6.10 Å². The number of benzene rings is 2. The lowest BCUT2D eigenvalue weighted by atomic mass is 10.0. The first-order valence-electron chi connectivity index (χ1n) is 9.54. The molecule has 1 unspecified atom stereocenters. The molecule has 1 amide bonds. The molecular weight excluding hydrogens is 413 g/mol. The van der Waals surface area contributed by atoms with E-state index in [0.29, 0.717) is 24.1 Å². The fourth-order valence-corrected chi connectivity index (χ4v) is 3.45. The Bertz CT molecular complexity index is 824. The van der Waals surface area contributed by atoms with Gasteiger partial charge in [0.2, 0.25) is 0 Å². The number of hydrogen-bond donors (Lipinski definition) is 1. The van der Waals surface area contributed by atoms with E-state index in [1.54, 1.807) is 17.0 Å². The molecule has 2 atom stereocenters. The fraction of sp³-hybridized carbons (Fsp3) is 0.364. The molecule has 0 spiro atoms. The van der Waals surface area contributed by atoms with Gasteiger partial charge in [0.25, 0.3) is 5.91 Å². The maximum absolute atomic E-state index is 12.6. The summed E-state index contributed by atoms with van der Waals surface area (Å²) in [6.45, 7) is 0.990. The Kier molecular flexibility index (Phi) is 7.53. The third kappa shape index (κ3) is 6.46. The highest BCUT2D eigenvalue weighted by Gasteiger charge is 2.40. The highest BCUT2D eigenvalue weighted by Crippen LogP contribution is 2.35. The normalized spacial score (nSPS) is 21.3. The minimum atomic E-state index is -1.02. The molecule has 0 radical (unpaired) electrons. The van der Waals surface area contributed by atoms with E-state index in [0.717, 1.165) is 23.4 Å². The number of rotatable bonds is 5. The van der Waals surface area contributed by atoms with Crippen LogP contribution in [-0.2, 0) is 14.3 Å². The number of carboxylic acids is 1. The first-order chi connectivity index (χ1) is 13.9. The van der Waals surface area contributed by atoms with Gasteiger partial charge in [-0.25, -0.2) is 0 Å². The molecule has 1 heterocycles. The number of aliphatic carboxylic acids is 1. The summed E-state index contributed by atoms with van der Waals surface area (Å²) in [7, 11) is 0. The Morgan fingerprint density at radius 1 is 1.03 bits per heavy atom. The topological polar surface area (TPSA) is 66.8 Å². The van der Waals surface area contributed by atoms with Crippen molar-refractivity contribution in [2.45, 2.75) is 31.4 Å². The van der Waals surface area contributed by atoms with Crippen LogP contribution in [0.25, 0.3) is 0 Å². The van der Waals surface area contributed by atoms with Crippen LogP contribution in [-0.4, -0.2) is 41.1 Å². The Balaban J connectivity index is 0.000000290. The number of carbonyl (C=O) groups excluding carboxylic acids is 1. The van der Waals surface area contributed by atoms with Crippen LogP contribution in [0.4, 0.5) is 0 Å². The molecule has 1 aliphatic heterocycles.